The number of benzene rings is 1. The number of carbonyl (C=O) groups is 1. The van der Waals surface area contributed by atoms with E-state index in [1.54, 1.807) is 12.1 Å². The summed E-state index contributed by atoms with van der Waals surface area (Å²) in [6, 6.07) is 10.1. The van der Waals surface area contributed by atoms with Crippen LogP contribution in [-0.4, -0.2) is 44.2 Å². The highest BCUT2D eigenvalue weighted by molar-refractivity contribution is 7.13. The van der Waals surface area contributed by atoms with Gasteiger partial charge in [0.1, 0.15) is 29.9 Å². The molecule has 1 unspecified atom stereocenters. The van der Waals surface area contributed by atoms with Crippen molar-refractivity contribution in [2.45, 2.75) is 6.23 Å². The van der Waals surface area contributed by atoms with E-state index in [2.05, 4.69) is 20.3 Å². The molecule has 0 radical (unpaired) electrons. The number of amides is 1. The van der Waals surface area contributed by atoms with Crippen LogP contribution in [0.3, 0.4) is 0 Å². The number of carbonyl (C=O) groups excluding carboxylic acids is 1. The second kappa shape index (κ2) is 8.49. The van der Waals surface area contributed by atoms with Crippen LogP contribution >= 0.6 is 11.3 Å². The number of nitrogens with one attached hydrogen (secondary N) is 2. The molecule has 0 aliphatic carbocycles. The first-order valence-electron chi connectivity index (χ1n) is 9.08. The Morgan fingerprint density at radius 3 is 2.87 bits per heavy atom. The number of thiophene rings is 1. The predicted octanol–water partition coefficient (Wildman–Crippen LogP) is 2.15. The molecule has 154 valence electrons. The summed E-state index contributed by atoms with van der Waals surface area (Å²) in [6.07, 6.45) is 0.331. The van der Waals surface area contributed by atoms with Crippen LogP contribution in [0.25, 0.3) is 21.7 Å². The number of H-pyrrole nitrogens is 1. The third kappa shape index (κ3) is 4.10. The highest BCUT2D eigenvalue weighted by Gasteiger charge is 2.17. The normalized spacial score (nSPS) is 12.2. The monoisotopic (exact) mass is 425 g/mol. The summed E-state index contributed by atoms with van der Waals surface area (Å²) in [5.74, 6) is 0.477. The molecule has 9 nitrogen and oxygen atoms in total. The van der Waals surface area contributed by atoms with E-state index >= 15 is 0 Å². The number of hydrogen-bond acceptors (Lipinski definition) is 8. The molecule has 0 aliphatic rings. The largest absolute Gasteiger partial charge is 0.506 e. The molecule has 0 spiro atoms. The minimum Gasteiger partial charge on any atom is -0.506 e. The summed E-state index contributed by atoms with van der Waals surface area (Å²) in [5, 5.41) is 25.6. The number of hydrogen-bond donors (Lipinski definition) is 5. The molecule has 10 heteroatoms. The summed E-state index contributed by atoms with van der Waals surface area (Å²) in [5.41, 5.74) is 6.96. The number of aromatic amines is 1. The third-order valence-corrected chi connectivity index (χ3v) is 5.29. The number of nitrogens with zero attached hydrogens (tertiary/aromatic N) is 2. The van der Waals surface area contributed by atoms with Crippen molar-refractivity contribution in [1.29, 1.82) is 0 Å². The number of primary amides is 1. The van der Waals surface area contributed by atoms with Gasteiger partial charge in [0.25, 0.3) is 0 Å². The lowest BCUT2D eigenvalue weighted by atomic mass is 10.1. The van der Waals surface area contributed by atoms with Gasteiger partial charge in [-0.25, -0.2) is 9.97 Å². The molecule has 4 rings (SSSR count). The van der Waals surface area contributed by atoms with Crippen molar-refractivity contribution in [1.82, 2.24) is 20.3 Å². The lowest BCUT2D eigenvalue weighted by Gasteiger charge is -2.14. The number of rotatable bonds is 8. The number of aliphatic hydroxyl groups excluding tert-OH is 1. The predicted molar refractivity (Wildman–Crippen MR) is 112 cm³/mol. The van der Waals surface area contributed by atoms with E-state index in [0.717, 1.165) is 4.88 Å². The van der Waals surface area contributed by atoms with Crippen LogP contribution in [0.15, 0.2) is 48.0 Å². The van der Waals surface area contributed by atoms with Crippen molar-refractivity contribution in [3.8, 4) is 22.3 Å². The highest BCUT2D eigenvalue weighted by Crippen LogP contribution is 2.32. The first-order valence-corrected chi connectivity index (χ1v) is 9.96. The van der Waals surface area contributed by atoms with Gasteiger partial charge in [-0.2, -0.15) is 0 Å². The number of aromatic hydroxyl groups is 1. The number of nitrogens with two attached hydrogens (primary N) is 1. The number of pyridine rings is 1. The summed E-state index contributed by atoms with van der Waals surface area (Å²) in [7, 11) is 0. The minimum absolute atomic E-state index is 0.0603. The lowest BCUT2D eigenvalue weighted by Crippen LogP contribution is -2.26. The van der Waals surface area contributed by atoms with Crippen molar-refractivity contribution >= 4 is 28.3 Å². The molecular weight excluding hydrogens is 406 g/mol. The maximum absolute atomic E-state index is 11.0. The van der Waals surface area contributed by atoms with E-state index in [4.69, 9.17) is 10.5 Å². The number of aromatic nitrogens is 3. The molecular formula is C20H19N5O4S. The molecule has 3 heterocycles. The van der Waals surface area contributed by atoms with E-state index in [9.17, 15) is 15.0 Å². The van der Waals surface area contributed by atoms with E-state index in [1.807, 2.05) is 17.5 Å². The van der Waals surface area contributed by atoms with Gasteiger partial charge in [-0.15, -0.1) is 11.3 Å². The van der Waals surface area contributed by atoms with Gasteiger partial charge in [0, 0.05) is 24.4 Å². The maximum Gasteiger partial charge on any atom is 0.250 e. The second-order valence-corrected chi connectivity index (χ2v) is 7.36. The number of fused-ring (bicyclic) bond motifs is 1. The summed E-state index contributed by atoms with van der Waals surface area (Å²) >= 11 is 1.53. The van der Waals surface area contributed by atoms with Gasteiger partial charge in [0.05, 0.1) is 16.0 Å². The van der Waals surface area contributed by atoms with Crippen LogP contribution in [-0.2, 0) is 0 Å². The fraction of sp³-hybridized carbons (Fsp3) is 0.150. The van der Waals surface area contributed by atoms with Gasteiger partial charge in [-0.3, -0.25) is 10.1 Å². The molecule has 0 saturated heterocycles. The molecule has 0 aliphatic heterocycles. The zero-order valence-corrected chi connectivity index (χ0v) is 16.5. The number of ether oxygens (including phenoxy) is 1. The molecule has 4 aromatic rings. The van der Waals surface area contributed by atoms with Crippen LogP contribution in [0.1, 0.15) is 22.1 Å². The van der Waals surface area contributed by atoms with Crippen LogP contribution in [0.5, 0.6) is 11.6 Å². The molecule has 0 bridgehead atoms. The standard InChI is InChI=1S/C20H19N5O4S/c21-18(27)11-3-6-15(23-10-11)29-8-7-22-20(28)12-4-5-13(26)17-16(12)24-19(25-17)14-2-1-9-30-14/h1-6,9-10,20,22,26,28H,7-8H2,(H2,21,27)(H,24,25). The Labute approximate surface area is 175 Å². The third-order valence-electron chi connectivity index (χ3n) is 4.41. The molecule has 1 atom stereocenters. The van der Waals surface area contributed by atoms with E-state index in [1.165, 1.54) is 29.7 Å². The Bertz CT molecular complexity index is 1160. The van der Waals surface area contributed by atoms with E-state index < -0.39 is 12.1 Å². The minimum atomic E-state index is -1.01. The van der Waals surface area contributed by atoms with Crippen LogP contribution in [0, 0.1) is 0 Å². The fourth-order valence-corrected chi connectivity index (χ4v) is 3.59. The van der Waals surface area contributed by atoms with Gasteiger partial charge in [-0.1, -0.05) is 6.07 Å². The van der Waals surface area contributed by atoms with Gasteiger partial charge in [0.15, 0.2) is 0 Å². The van der Waals surface area contributed by atoms with Crippen molar-refractivity contribution < 1.29 is 19.7 Å². The molecule has 3 aromatic heterocycles. The van der Waals surface area contributed by atoms with Crippen molar-refractivity contribution in [3.05, 3.63) is 59.1 Å². The van der Waals surface area contributed by atoms with Gasteiger partial charge >= 0.3 is 0 Å². The maximum atomic E-state index is 11.0. The smallest absolute Gasteiger partial charge is 0.250 e. The Balaban J connectivity index is 1.41. The van der Waals surface area contributed by atoms with E-state index in [-0.39, 0.29) is 12.4 Å². The Kier molecular flexibility index (Phi) is 5.61. The number of phenols is 1. The fourth-order valence-electron chi connectivity index (χ4n) is 2.92. The van der Waals surface area contributed by atoms with Gasteiger partial charge < -0.3 is 25.7 Å². The SMILES string of the molecule is NC(=O)c1ccc(OCCNC(O)c2ccc(O)c3[nH]c(-c4cccs4)nc23)nc1. The first kappa shape index (κ1) is 19.8. The van der Waals surface area contributed by atoms with Crippen molar-refractivity contribution in [2.75, 3.05) is 13.2 Å². The molecule has 6 N–H and O–H groups in total. The average Bonchev–Trinajstić information content (AvgIpc) is 3.42. The molecule has 1 amide bonds. The van der Waals surface area contributed by atoms with Crippen LogP contribution in [0.4, 0.5) is 0 Å². The molecule has 30 heavy (non-hydrogen) atoms. The summed E-state index contributed by atoms with van der Waals surface area (Å²) in [6.45, 7) is 0.563. The van der Waals surface area contributed by atoms with Crippen molar-refractivity contribution in [3.63, 3.8) is 0 Å². The topological polar surface area (TPSA) is 146 Å². The Morgan fingerprint density at radius 2 is 2.17 bits per heavy atom. The first-order chi connectivity index (χ1) is 14.5. The Morgan fingerprint density at radius 1 is 1.30 bits per heavy atom. The van der Waals surface area contributed by atoms with Crippen LogP contribution < -0.4 is 15.8 Å². The highest BCUT2D eigenvalue weighted by atomic mass is 32.1. The summed E-state index contributed by atoms with van der Waals surface area (Å²) < 4.78 is 5.49. The van der Waals surface area contributed by atoms with Gasteiger partial charge in [-0.05, 0) is 29.6 Å². The zero-order valence-electron chi connectivity index (χ0n) is 15.7. The Hall–Kier alpha value is -3.47. The quantitative estimate of drug-likeness (QED) is 0.215. The van der Waals surface area contributed by atoms with E-state index in [0.29, 0.717) is 40.4 Å². The lowest BCUT2D eigenvalue weighted by molar-refractivity contribution is 0.0999. The number of imidazole rings is 1. The van der Waals surface area contributed by atoms with Gasteiger partial charge in [0.2, 0.25) is 11.8 Å². The average molecular weight is 425 g/mol. The van der Waals surface area contributed by atoms with Crippen LogP contribution in [0.2, 0.25) is 0 Å². The second-order valence-electron chi connectivity index (χ2n) is 6.41. The molecule has 0 saturated carbocycles. The molecule has 0 fully saturated rings. The summed E-state index contributed by atoms with van der Waals surface area (Å²) in [4.78, 5) is 23.6. The van der Waals surface area contributed by atoms with Crippen molar-refractivity contribution in [2.24, 2.45) is 5.73 Å². The number of phenolic OH excluding ortho intramolecular Hbond substituents is 1. The molecule has 1 aromatic carbocycles. The number of aliphatic hydroxyl groups is 1. The zero-order chi connectivity index (χ0) is 21.1.